The smallest absolute Gasteiger partial charge is 0.455 e. The van der Waals surface area contributed by atoms with E-state index in [4.69, 9.17) is 4.65 Å². The van der Waals surface area contributed by atoms with Crippen LogP contribution in [0.3, 0.4) is 0 Å². The molecule has 5 rings (SSSR count). The van der Waals surface area contributed by atoms with E-state index in [0.717, 1.165) is 29.6 Å². The Morgan fingerprint density at radius 1 is 1.06 bits per heavy atom. The van der Waals surface area contributed by atoms with E-state index < -0.39 is 13.0 Å². The second-order valence-electron chi connectivity index (χ2n) is 10.0. The lowest BCUT2D eigenvalue weighted by atomic mass is 9.54. The standard InChI is InChI=1S/C29H31BO5/c1-3-18(15-19-8-4-7-11-24(19)31)12-13-25-26-17(2)14-22-27(23(26)16-30(34)35-25)29(33)21-10-6-5-9-20(21)28(22)32/h4-11,15,22-23,25,27,31,34H,3,12-14,16H2,1-2H3/b18-15+/t22-,23+,25-,27-/m1/s1. The highest BCUT2D eigenvalue weighted by atomic mass is 16.5. The molecule has 0 saturated carbocycles. The first kappa shape index (κ1) is 23.8. The fourth-order valence-electron chi connectivity index (χ4n) is 6.32. The van der Waals surface area contributed by atoms with Gasteiger partial charge >= 0.3 is 7.12 Å². The van der Waals surface area contributed by atoms with Gasteiger partial charge in [-0.15, -0.1) is 0 Å². The normalized spacial score (nSPS) is 26.4. The Bertz CT molecular complexity index is 1230. The van der Waals surface area contributed by atoms with E-state index in [1.165, 1.54) is 5.57 Å². The maximum Gasteiger partial charge on any atom is 0.455 e. The molecular formula is C29H31BO5. The zero-order chi connectivity index (χ0) is 24.7. The lowest BCUT2D eigenvalue weighted by Gasteiger charge is -2.47. The van der Waals surface area contributed by atoms with Gasteiger partial charge in [0.05, 0.1) is 6.10 Å². The molecule has 3 aliphatic rings. The van der Waals surface area contributed by atoms with Crippen molar-refractivity contribution in [2.45, 2.75) is 52.0 Å². The predicted molar refractivity (Wildman–Crippen MR) is 136 cm³/mol. The Balaban J connectivity index is 1.43. The van der Waals surface area contributed by atoms with Crippen molar-refractivity contribution >= 4 is 24.8 Å². The molecule has 1 saturated heterocycles. The summed E-state index contributed by atoms with van der Waals surface area (Å²) in [6.45, 7) is 4.13. The van der Waals surface area contributed by atoms with Gasteiger partial charge < -0.3 is 14.8 Å². The van der Waals surface area contributed by atoms with Crippen molar-refractivity contribution in [3.05, 3.63) is 81.9 Å². The highest BCUT2D eigenvalue weighted by Gasteiger charge is 2.52. The molecular weight excluding hydrogens is 439 g/mol. The number of Topliss-reactive ketones (excluding diaryl/α,β-unsaturated/α-hetero) is 2. The molecule has 0 spiro atoms. The van der Waals surface area contributed by atoms with Crippen molar-refractivity contribution in [1.82, 2.24) is 0 Å². The number of benzene rings is 2. The van der Waals surface area contributed by atoms with E-state index in [9.17, 15) is 19.7 Å². The van der Waals surface area contributed by atoms with E-state index in [1.807, 2.05) is 31.2 Å². The summed E-state index contributed by atoms with van der Waals surface area (Å²) < 4.78 is 6.03. The summed E-state index contributed by atoms with van der Waals surface area (Å²) in [7, 11) is -0.965. The minimum atomic E-state index is -0.965. The van der Waals surface area contributed by atoms with Crippen molar-refractivity contribution in [1.29, 1.82) is 0 Å². The third kappa shape index (κ3) is 4.30. The lowest BCUT2D eigenvalue weighted by molar-refractivity contribution is 0.0601. The minimum Gasteiger partial charge on any atom is -0.507 e. The monoisotopic (exact) mass is 470 g/mol. The second-order valence-corrected chi connectivity index (χ2v) is 10.0. The molecule has 0 unspecified atom stereocenters. The molecule has 1 fully saturated rings. The number of aromatic hydroxyl groups is 1. The highest BCUT2D eigenvalue weighted by Crippen LogP contribution is 2.50. The number of allylic oxidation sites excluding steroid dienone is 2. The molecule has 2 aromatic carbocycles. The van der Waals surface area contributed by atoms with Gasteiger partial charge in [-0.2, -0.15) is 0 Å². The van der Waals surface area contributed by atoms with Crippen LogP contribution < -0.4 is 0 Å². The number of ketones is 2. The maximum atomic E-state index is 13.6. The first-order valence-corrected chi connectivity index (χ1v) is 12.6. The molecule has 180 valence electrons. The van der Waals surface area contributed by atoms with Gasteiger partial charge in [0.1, 0.15) is 5.75 Å². The van der Waals surface area contributed by atoms with Gasteiger partial charge in [-0.05, 0) is 56.5 Å². The lowest BCUT2D eigenvalue weighted by Crippen LogP contribution is -2.50. The van der Waals surface area contributed by atoms with Crippen LogP contribution in [0.4, 0.5) is 0 Å². The van der Waals surface area contributed by atoms with Crippen molar-refractivity contribution in [2.75, 3.05) is 0 Å². The summed E-state index contributed by atoms with van der Waals surface area (Å²) in [6, 6.07) is 14.4. The van der Waals surface area contributed by atoms with E-state index in [0.29, 0.717) is 30.3 Å². The fourth-order valence-corrected chi connectivity index (χ4v) is 6.32. The van der Waals surface area contributed by atoms with Crippen LogP contribution in [0.2, 0.25) is 6.32 Å². The Kier molecular flexibility index (Phi) is 6.52. The minimum absolute atomic E-state index is 0.0155. The van der Waals surface area contributed by atoms with Crippen LogP contribution in [0.15, 0.2) is 65.3 Å². The van der Waals surface area contributed by atoms with Crippen LogP contribution in [-0.2, 0) is 4.65 Å². The molecule has 0 bridgehead atoms. The van der Waals surface area contributed by atoms with Crippen molar-refractivity contribution < 1.29 is 24.4 Å². The van der Waals surface area contributed by atoms with E-state index in [1.54, 1.807) is 30.3 Å². The maximum absolute atomic E-state index is 13.6. The Hall–Kier alpha value is -2.96. The van der Waals surface area contributed by atoms with E-state index in [-0.39, 0.29) is 35.3 Å². The largest absolute Gasteiger partial charge is 0.507 e. The first-order valence-electron chi connectivity index (χ1n) is 12.6. The quantitative estimate of drug-likeness (QED) is 0.446. The summed E-state index contributed by atoms with van der Waals surface area (Å²) in [6.07, 6.45) is 4.85. The molecule has 0 amide bonds. The van der Waals surface area contributed by atoms with E-state index in [2.05, 4.69) is 6.92 Å². The van der Waals surface area contributed by atoms with Crippen LogP contribution in [0, 0.1) is 17.8 Å². The molecule has 2 aromatic rings. The van der Waals surface area contributed by atoms with Gasteiger partial charge in [0.25, 0.3) is 0 Å². The average molecular weight is 470 g/mol. The van der Waals surface area contributed by atoms with Crippen LogP contribution >= 0.6 is 0 Å². The fraction of sp³-hybridized carbons (Fsp3) is 0.379. The summed E-state index contributed by atoms with van der Waals surface area (Å²) in [5, 5.41) is 20.8. The zero-order valence-electron chi connectivity index (χ0n) is 20.2. The molecule has 4 atom stereocenters. The number of carbonyl (C=O) groups is 2. The number of hydrogen-bond donors (Lipinski definition) is 2. The molecule has 1 heterocycles. The van der Waals surface area contributed by atoms with Gasteiger partial charge in [0, 0.05) is 28.5 Å². The second kappa shape index (κ2) is 9.59. The van der Waals surface area contributed by atoms with E-state index >= 15 is 0 Å². The van der Waals surface area contributed by atoms with Crippen molar-refractivity contribution in [3.63, 3.8) is 0 Å². The summed E-state index contributed by atoms with van der Waals surface area (Å²) in [4.78, 5) is 26.9. The van der Waals surface area contributed by atoms with Gasteiger partial charge in [-0.1, -0.05) is 66.6 Å². The summed E-state index contributed by atoms with van der Waals surface area (Å²) >= 11 is 0. The Morgan fingerprint density at radius 3 is 2.46 bits per heavy atom. The Labute approximate surface area is 206 Å². The molecule has 5 nitrogen and oxygen atoms in total. The first-order chi connectivity index (χ1) is 16.9. The molecule has 2 N–H and O–H groups in total. The zero-order valence-corrected chi connectivity index (χ0v) is 20.2. The summed E-state index contributed by atoms with van der Waals surface area (Å²) in [5.74, 6) is -0.703. The number of rotatable bonds is 5. The molecule has 0 radical (unpaired) electrons. The van der Waals surface area contributed by atoms with Gasteiger partial charge in [0.15, 0.2) is 11.6 Å². The third-order valence-electron chi connectivity index (χ3n) is 7.98. The average Bonchev–Trinajstić information content (AvgIpc) is 2.85. The van der Waals surface area contributed by atoms with Crippen LogP contribution in [-0.4, -0.2) is 34.9 Å². The number of para-hydroxylation sites is 1. The van der Waals surface area contributed by atoms with Crippen LogP contribution in [0.5, 0.6) is 5.75 Å². The van der Waals surface area contributed by atoms with Crippen LogP contribution in [0.25, 0.3) is 6.08 Å². The van der Waals surface area contributed by atoms with Crippen molar-refractivity contribution in [2.24, 2.45) is 17.8 Å². The number of hydrogen-bond acceptors (Lipinski definition) is 5. The van der Waals surface area contributed by atoms with Crippen LogP contribution in [0.1, 0.15) is 65.8 Å². The predicted octanol–water partition coefficient (Wildman–Crippen LogP) is 5.49. The molecule has 1 aliphatic heterocycles. The topological polar surface area (TPSA) is 83.8 Å². The van der Waals surface area contributed by atoms with Gasteiger partial charge in [-0.3, -0.25) is 9.59 Å². The summed E-state index contributed by atoms with van der Waals surface area (Å²) in [5.41, 5.74) is 5.20. The van der Waals surface area contributed by atoms with Gasteiger partial charge in [-0.25, -0.2) is 0 Å². The SMILES string of the molecule is CC/C(=C\c1ccccc1O)CC[C@H]1OB(O)C[C@H]2C1=C(C)C[C@H]1C(=O)c3ccccc3C(=O)[C@H]12. The molecule has 0 aromatic heterocycles. The molecule has 35 heavy (non-hydrogen) atoms. The number of fused-ring (bicyclic) bond motifs is 4. The molecule has 6 heteroatoms. The van der Waals surface area contributed by atoms with Crippen molar-refractivity contribution in [3.8, 4) is 5.75 Å². The van der Waals surface area contributed by atoms with Gasteiger partial charge in [0.2, 0.25) is 0 Å². The number of phenols is 1. The molecule has 2 aliphatic carbocycles. The number of carbonyl (C=O) groups excluding carboxylic acids is 2. The number of phenolic OH excluding ortho intramolecular Hbond substituents is 1. The third-order valence-corrected chi connectivity index (χ3v) is 7.98. The highest BCUT2D eigenvalue weighted by molar-refractivity contribution is 6.43. The Morgan fingerprint density at radius 2 is 1.74 bits per heavy atom.